The molecule has 1 atom stereocenters. The molecule has 0 radical (unpaired) electrons. The fourth-order valence-electron chi connectivity index (χ4n) is 1.28. The van der Waals surface area contributed by atoms with Crippen molar-refractivity contribution in [3.63, 3.8) is 0 Å². The monoisotopic (exact) mass is 288 g/mol. The first-order valence-corrected chi connectivity index (χ1v) is 5.09. The minimum Gasteiger partial charge on any atom is -0.386 e. The van der Waals surface area contributed by atoms with Crippen LogP contribution in [0.5, 0.6) is 0 Å². The van der Waals surface area contributed by atoms with Crippen LogP contribution in [0.15, 0.2) is 24.3 Å². The minimum absolute atomic E-state index is 0.0511. The Kier molecular flexibility index (Phi) is 4.81. The summed E-state index contributed by atoms with van der Waals surface area (Å²) in [5.74, 6) is 0. The topological polar surface area (TPSA) is 29.5 Å². The fourth-order valence-corrected chi connectivity index (χ4v) is 1.28. The Labute approximate surface area is 104 Å². The molecule has 0 bridgehead atoms. The van der Waals surface area contributed by atoms with Crippen LogP contribution in [0, 0.1) is 0 Å². The van der Waals surface area contributed by atoms with E-state index in [0.29, 0.717) is 0 Å². The molecule has 0 amide bonds. The van der Waals surface area contributed by atoms with Gasteiger partial charge in [0.1, 0.15) is 12.7 Å². The molecule has 8 heteroatoms. The number of aliphatic hydroxyl groups is 1. The van der Waals surface area contributed by atoms with Gasteiger partial charge in [-0.15, -0.1) is 0 Å². The lowest BCUT2D eigenvalue weighted by molar-refractivity contribution is -0.179. The second-order valence-corrected chi connectivity index (χ2v) is 3.77. The third-order valence-corrected chi connectivity index (χ3v) is 2.16. The van der Waals surface area contributed by atoms with Gasteiger partial charge in [-0.2, -0.15) is 26.3 Å². The first kappa shape index (κ1) is 15.8. The Bertz CT molecular complexity index is 395. The predicted octanol–water partition coefficient (Wildman–Crippen LogP) is 3.32. The van der Waals surface area contributed by atoms with Crippen LogP contribution < -0.4 is 0 Å². The van der Waals surface area contributed by atoms with Crippen molar-refractivity contribution in [1.82, 2.24) is 0 Å². The van der Waals surface area contributed by atoms with Crippen LogP contribution in [0.2, 0.25) is 0 Å². The van der Waals surface area contributed by atoms with Gasteiger partial charge in [-0.05, 0) is 17.7 Å². The predicted molar refractivity (Wildman–Crippen MR) is 53.3 cm³/mol. The van der Waals surface area contributed by atoms with Crippen molar-refractivity contribution >= 4 is 0 Å². The van der Waals surface area contributed by atoms with Crippen LogP contribution in [0.4, 0.5) is 26.3 Å². The molecule has 19 heavy (non-hydrogen) atoms. The number of benzene rings is 1. The molecule has 0 aliphatic rings. The lowest BCUT2D eigenvalue weighted by Crippen LogP contribution is -2.19. The second kappa shape index (κ2) is 5.79. The zero-order valence-corrected chi connectivity index (χ0v) is 9.42. The van der Waals surface area contributed by atoms with Gasteiger partial charge in [0.2, 0.25) is 0 Å². The molecule has 1 N–H and O–H groups in total. The molecule has 0 aliphatic heterocycles. The number of halogens is 6. The molecule has 0 unspecified atom stereocenters. The summed E-state index contributed by atoms with van der Waals surface area (Å²) in [6.45, 7) is -2.17. The Morgan fingerprint density at radius 1 is 1.00 bits per heavy atom. The molecule has 0 saturated heterocycles. The van der Waals surface area contributed by atoms with E-state index in [2.05, 4.69) is 4.74 Å². The van der Waals surface area contributed by atoms with E-state index in [4.69, 9.17) is 0 Å². The molecule has 0 heterocycles. The van der Waals surface area contributed by atoms with Crippen LogP contribution in [-0.2, 0) is 10.9 Å². The van der Waals surface area contributed by atoms with Crippen molar-refractivity contribution in [3.05, 3.63) is 35.4 Å². The molecule has 1 aromatic rings. The maximum absolute atomic E-state index is 12.2. The Hall–Kier alpha value is -1.28. The van der Waals surface area contributed by atoms with Gasteiger partial charge in [0.05, 0.1) is 12.2 Å². The quantitative estimate of drug-likeness (QED) is 0.861. The molecular weight excluding hydrogens is 278 g/mol. The molecule has 1 rings (SSSR count). The molecule has 0 spiro atoms. The molecule has 1 aromatic carbocycles. The van der Waals surface area contributed by atoms with Gasteiger partial charge < -0.3 is 9.84 Å². The van der Waals surface area contributed by atoms with Gasteiger partial charge in [-0.1, -0.05) is 12.1 Å². The van der Waals surface area contributed by atoms with Crippen LogP contribution in [-0.4, -0.2) is 24.5 Å². The van der Waals surface area contributed by atoms with E-state index in [-0.39, 0.29) is 5.56 Å². The van der Waals surface area contributed by atoms with Crippen molar-refractivity contribution in [1.29, 1.82) is 0 Å². The highest BCUT2D eigenvalue weighted by Gasteiger charge is 2.30. The number of alkyl halides is 6. The molecule has 2 nitrogen and oxygen atoms in total. The largest absolute Gasteiger partial charge is 0.416 e. The fraction of sp³-hybridized carbons (Fsp3) is 0.455. The van der Waals surface area contributed by atoms with Crippen LogP contribution in [0.25, 0.3) is 0 Å². The number of hydrogen-bond donors (Lipinski definition) is 1. The zero-order chi connectivity index (χ0) is 14.7. The van der Waals surface area contributed by atoms with E-state index >= 15 is 0 Å². The maximum atomic E-state index is 12.2. The van der Waals surface area contributed by atoms with Crippen molar-refractivity contribution in [2.45, 2.75) is 18.5 Å². The maximum Gasteiger partial charge on any atom is 0.416 e. The molecule has 0 aromatic heterocycles. The van der Waals surface area contributed by atoms with E-state index in [1.807, 2.05) is 0 Å². The summed E-state index contributed by atoms with van der Waals surface area (Å²) in [5, 5.41) is 9.44. The molecule has 0 aliphatic carbocycles. The molecule has 108 valence electrons. The van der Waals surface area contributed by atoms with E-state index in [1.54, 1.807) is 0 Å². The highest BCUT2D eigenvalue weighted by molar-refractivity contribution is 5.26. The van der Waals surface area contributed by atoms with E-state index in [9.17, 15) is 31.4 Å². The number of rotatable bonds is 4. The summed E-state index contributed by atoms with van der Waals surface area (Å²) >= 11 is 0. The third kappa shape index (κ3) is 5.48. The lowest BCUT2D eigenvalue weighted by atomic mass is 10.1. The first-order valence-electron chi connectivity index (χ1n) is 5.09. The minimum atomic E-state index is -4.51. The third-order valence-electron chi connectivity index (χ3n) is 2.16. The summed E-state index contributed by atoms with van der Waals surface area (Å²) in [6.07, 6.45) is -10.4. The van der Waals surface area contributed by atoms with E-state index in [1.165, 1.54) is 0 Å². The van der Waals surface area contributed by atoms with Crippen molar-refractivity contribution < 1.29 is 36.2 Å². The van der Waals surface area contributed by atoms with Gasteiger partial charge in [0.15, 0.2) is 0 Å². The summed E-state index contributed by atoms with van der Waals surface area (Å²) in [4.78, 5) is 0. The highest BCUT2D eigenvalue weighted by atomic mass is 19.4. The summed E-state index contributed by atoms with van der Waals surface area (Å²) < 4.78 is 76.2. The first-order chi connectivity index (χ1) is 8.59. The van der Waals surface area contributed by atoms with Gasteiger partial charge in [-0.3, -0.25) is 0 Å². The standard InChI is InChI=1S/C11H10F6O2/c12-10(13,14)6-19-5-9(18)7-1-3-8(4-2-7)11(15,16)17/h1-4,9,18H,5-6H2/t9-/m1/s1. The van der Waals surface area contributed by atoms with E-state index in [0.717, 1.165) is 24.3 Å². The normalized spacial score (nSPS) is 14.5. The van der Waals surface area contributed by atoms with E-state index < -0.39 is 37.2 Å². The number of aliphatic hydroxyl groups excluding tert-OH is 1. The average molecular weight is 288 g/mol. The van der Waals surface area contributed by atoms with Gasteiger partial charge in [0.25, 0.3) is 0 Å². The van der Waals surface area contributed by atoms with Gasteiger partial charge in [0, 0.05) is 0 Å². The summed E-state index contributed by atoms with van der Waals surface area (Å²) in [6, 6.07) is 3.46. The number of hydrogen-bond acceptors (Lipinski definition) is 2. The van der Waals surface area contributed by atoms with Crippen LogP contribution >= 0.6 is 0 Å². The molecular formula is C11H10F6O2. The average Bonchev–Trinajstić information content (AvgIpc) is 2.26. The molecule has 0 saturated carbocycles. The number of ether oxygens (including phenoxy) is 1. The SMILES string of the molecule is O[C@H](COCC(F)(F)F)c1ccc(C(F)(F)F)cc1. The van der Waals surface area contributed by atoms with Gasteiger partial charge in [-0.25, -0.2) is 0 Å². The van der Waals surface area contributed by atoms with Gasteiger partial charge >= 0.3 is 12.4 Å². The second-order valence-electron chi connectivity index (χ2n) is 3.77. The zero-order valence-electron chi connectivity index (χ0n) is 9.42. The van der Waals surface area contributed by atoms with Crippen LogP contribution in [0.3, 0.4) is 0 Å². The molecule has 0 fully saturated rings. The van der Waals surface area contributed by atoms with Crippen LogP contribution in [0.1, 0.15) is 17.2 Å². The van der Waals surface area contributed by atoms with Crippen molar-refractivity contribution in [3.8, 4) is 0 Å². The Balaban J connectivity index is 2.56. The van der Waals surface area contributed by atoms with Crippen molar-refractivity contribution in [2.24, 2.45) is 0 Å². The Morgan fingerprint density at radius 3 is 1.95 bits per heavy atom. The van der Waals surface area contributed by atoms with Crippen molar-refractivity contribution in [2.75, 3.05) is 13.2 Å². The summed E-state index contributed by atoms with van der Waals surface area (Å²) in [5.41, 5.74) is -0.852. The smallest absolute Gasteiger partial charge is 0.386 e. The summed E-state index contributed by atoms with van der Waals surface area (Å²) in [7, 11) is 0. The highest BCUT2D eigenvalue weighted by Crippen LogP contribution is 2.30. The lowest BCUT2D eigenvalue weighted by Gasteiger charge is -2.14. The Morgan fingerprint density at radius 2 is 1.53 bits per heavy atom.